The molecule has 0 unspecified atom stereocenters. The molecule has 1 N–H and O–H groups in total. The number of carbonyl (C=O) groups excluding carboxylic acids is 1. The van der Waals surface area contributed by atoms with Gasteiger partial charge in [-0.05, 0) is 29.8 Å². The van der Waals surface area contributed by atoms with Gasteiger partial charge in [0.1, 0.15) is 10.6 Å². The van der Waals surface area contributed by atoms with E-state index in [-0.39, 0.29) is 30.1 Å². The number of para-hydroxylation sites is 1. The van der Waals surface area contributed by atoms with Crippen LogP contribution in [-0.2, 0) is 11.3 Å². The number of fused-ring (bicyclic) bond motifs is 1. The number of nitrogens with one attached hydrogen (secondary N) is 1. The molecule has 1 amide bonds. The Kier molecular flexibility index (Phi) is 5.42. The summed E-state index contributed by atoms with van der Waals surface area (Å²) in [6, 6.07) is 13.2. The normalized spacial score (nSPS) is 11.0. The van der Waals surface area contributed by atoms with E-state index in [1.165, 1.54) is 34.4 Å². The number of benzene rings is 2. The third-order valence-corrected chi connectivity index (χ3v) is 5.58. The second kappa shape index (κ2) is 8.14. The van der Waals surface area contributed by atoms with Crippen LogP contribution in [0.2, 0.25) is 5.02 Å². The zero-order chi connectivity index (χ0) is 20.4. The molecule has 2 aromatic carbocycles. The lowest BCUT2D eigenvalue weighted by Gasteiger charge is -2.08. The predicted molar refractivity (Wildman–Crippen MR) is 114 cm³/mol. The molecule has 2 heterocycles. The maximum Gasteiger partial charge on any atom is 0.262 e. The summed E-state index contributed by atoms with van der Waals surface area (Å²) in [5.74, 6) is -0.891. The Balaban J connectivity index is 1.57. The van der Waals surface area contributed by atoms with Crippen molar-refractivity contribution in [2.45, 2.75) is 13.0 Å². The number of thiophene rings is 1. The molecule has 0 aliphatic heterocycles. The molecule has 4 aromatic rings. The summed E-state index contributed by atoms with van der Waals surface area (Å²) in [5, 5.41) is 5.52. The van der Waals surface area contributed by atoms with Gasteiger partial charge in [0.15, 0.2) is 0 Å². The van der Waals surface area contributed by atoms with Crippen molar-refractivity contribution in [2.24, 2.45) is 0 Å². The van der Waals surface area contributed by atoms with Crippen LogP contribution in [0.15, 0.2) is 65.0 Å². The first kappa shape index (κ1) is 19.3. The summed E-state index contributed by atoms with van der Waals surface area (Å²) in [7, 11) is 0. The molecule has 0 aliphatic rings. The molecule has 0 atom stereocenters. The molecule has 0 spiro atoms. The molecule has 29 heavy (non-hydrogen) atoms. The highest BCUT2D eigenvalue weighted by Crippen LogP contribution is 2.31. The predicted octanol–water partition coefficient (Wildman–Crippen LogP) is 4.95. The molecule has 4 rings (SSSR count). The summed E-state index contributed by atoms with van der Waals surface area (Å²) >= 11 is 7.33. The van der Waals surface area contributed by atoms with Crippen molar-refractivity contribution in [1.29, 1.82) is 0 Å². The summed E-state index contributed by atoms with van der Waals surface area (Å²) in [4.78, 5) is 30.1. The number of aromatic nitrogens is 2. The van der Waals surface area contributed by atoms with Gasteiger partial charge in [-0.1, -0.05) is 35.9 Å². The molecule has 0 saturated carbocycles. The number of hydrogen-bond donors (Lipinski definition) is 1. The van der Waals surface area contributed by atoms with Crippen molar-refractivity contribution < 1.29 is 9.18 Å². The summed E-state index contributed by atoms with van der Waals surface area (Å²) in [6.45, 7) is 0.137. The third kappa shape index (κ3) is 4.06. The lowest BCUT2D eigenvalue weighted by atomic mass is 10.1. The van der Waals surface area contributed by atoms with Gasteiger partial charge in [-0.15, -0.1) is 11.3 Å². The van der Waals surface area contributed by atoms with Crippen LogP contribution < -0.4 is 10.9 Å². The van der Waals surface area contributed by atoms with Gasteiger partial charge in [-0.2, -0.15) is 0 Å². The molecule has 0 aliphatic carbocycles. The summed E-state index contributed by atoms with van der Waals surface area (Å²) in [5.41, 5.74) is 1.54. The van der Waals surface area contributed by atoms with E-state index in [2.05, 4.69) is 10.3 Å². The molecular weight excluding hydrogens is 413 g/mol. The minimum Gasteiger partial charge on any atom is -0.324 e. The zero-order valence-electron chi connectivity index (χ0n) is 15.1. The molecule has 8 heteroatoms. The smallest absolute Gasteiger partial charge is 0.262 e. The van der Waals surface area contributed by atoms with Gasteiger partial charge in [-0.3, -0.25) is 14.2 Å². The maximum absolute atomic E-state index is 13.7. The third-order valence-electron chi connectivity index (χ3n) is 4.44. The van der Waals surface area contributed by atoms with Crippen LogP contribution in [-0.4, -0.2) is 15.5 Å². The van der Waals surface area contributed by atoms with Gasteiger partial charge in [-0.25, -0.2) is 9.37 Å². The van der Waals surface area contributed by atoms with Crippen molar-refractivity contribution in [3.05, 3.63) is 81.4 Å². The SMILES string of the molecule is O=C(CCn1cnc2scc(-c3ccc(Cl)cc3)c2c1=O)Nc1ccccc1F. The van der Waals surface area contributed by atoms with Gasteiger partial charge < -0.3 is 5.32 Å². The average molecular weight is 428 g/mol. The highest BCUT2D eigenvalue weighted by molar-refractivity contribution is 7.17. The monoisotopic (exact) mass is 427 g/mol. The number of amides is 1. The number of rotatable bonds is 5. The molecule has 2 aromatic heterocycles. The van der Waals surface area contributed by atoms with Crippen LogP contribution in [0.3, 0.4) is 0 Å². The first-order valence-electron chi connectivity index (χ1n) is 8.80. The highest BCUT2D eigenvalue weighted by atomic mass is 35.5. The fourth-order valence-corrected chi connectivity index (χ4v) is 4.00. The molecular formula is C21H15ClFN3O2S. The Morgan fingerprint density at radius 3 is 2.69 bits per heavy atom. The number of aryl methyl sites for hydroxylation is 1. The second-order valence-corrected chi connectivity index (χ2v) is 7.65. The van der Waals surface area contributed by atoms with E-state index < -0.39 is 5.82 Å². The first-order valence-corrected chi connectivity index (χ1v) is 10.1. The fraction of sp³-hybridized carbons (Fsp3) is 0.0952. The summed E-state index contributed by atoms with van der Waals surface area (Å²) in [6.07, 6.45) is 1.45. The number of hydrogen-bond acceptors (Lipinski definition) is 4. The van der Waals surface area contributed by atoms with E-state index in [1.54, 1.807) is 24.3 Å². The van der Waals surface area contributed by atoms with Crippen LogP contribution in [0, 0.1) is 5.82 Å². The average Bonchev–Trinajstić information content (AvgIpc) is 3.15. The molecule has 0 saturated heterocycles. The van der Waals surface area contributed by atoms with Crippen molar-refractivity contribution in [1.82, 2.24) is 9.55 Å². The van der Waals surface area contributed by atoms with E-state index in [0.717, 1.165) is 11.1 Å². The van der Waals surface area contributed by atoms with Gasteiger partial charge in [0, 0.05) is 28.9 Å². The Bertz CT molecular complexity index is 1250. The summed E-state index contributed by atoms with van der Waals surface area (Å²) < 4.78 is 15.1. The van der Waals surface area contributed by atoms with Crippen LogP contribution >= 0.6 is 22.9 Å². The second-order valence-electron chi connectivity index (χ2n) is 6.36. The highest BCUT2D eigenvalue weighted by Gasteiger charge is 2.14. The van der Waals surface area contributed by atoms with E-state index in [0.29, 0.717) is 15.2 Å². The van der Waals surface area contributed by atoms with Crippen molar-refractivity contribution in [3.63, 3.8) is 0 Å². The van der Waals surface area contributed by atoms with Crippen molar-refractivity contribution in [3.8, 4) is 11.1 Å². The van der Waals surface area contributed by atoms with Gasteiger partial charge in [0.25, 0.3) is 5.56 Å². The lowest BCUT2D eigenvalue weighted by molar-refractivity contribution is -0.116. The van der Waals surface area contributed by atoms with Crippen LogP contribution in [0.5, 0.6) is 0 Å². The largest absolute Gasteiger partial charge is 0.324 e. The van der Waals surface area contributed by atoms with Gasteiger partial charge in [0.05, 0.1) is 17.4 Å². The topological polar surface area (TPSA) is 64.0 Å². The standard InChI is InChI=1S/C21H15ClFN3O2S/c22-14-7-5-13(6-8-14)15-11-29-20-19(15)21(28)26(12-24-20)10-9-18(27)25-17-4-2-1-3-16(17)23/h1-8,11-12H,9-10H2,(H,25,27). The van der Waals surface area contributed by atoms with Crippen molar-refractivity contribution in [2.75, 3.05) is 5.32 Å². The number of halogens is 2. The minimum absolute atomic E-state index is 0.0157. The number of nitrogens with zero attached hydrogens (tertiary/aromatic N) is 2. The Morgan fingerprint density at radius 1 is 1.17 bits per heavy atom. The Hall–Kier alpha value is -3.03. The van der Waals surface area contributed by atoms with E-state index in [1.807, 2.05) is 17.5 Å². The molecule has 5 nitrogen and oxygen atoms in total. The maximum atomic E-state index is 13.7. The molecule has 0 bridgehead atoms. The first-order chi connectivity index (χ1) is 14.0. The lowest BCUT2D eigenvalue weighted by Crippen LogP contribution is -2.23. The van der Waals surface area contributed by atoms with Crippen LogP contribution in [0.4, 0.5) is 10.1 Å². The van der Waals surface area contributed by atoms with Gasteiger partial charge in [0.2, 0.25) is 5.91 Å². The van der Waals surface area contributed by atoms with E-state index in [9.17, 15) is 14.0 Å². The molecule has 0 radical (unpaired) electrons. The minimum atomic E-state index is -0.507. The quantitative estimate of drug-likeness (QED) is 0.490. The fourth-order valence-electron chi connectivity index (χ4n) is 2.97. The number of carbonyl (C=O) groups is 1. The number of anilines is 1. The molecule has 0 fully saturated rings. The Morgan fingerprint density at radius 2 is 1.93 bits per heavy atom. The van der Waals surface area contributed by atoms with Crippen LogP contribution in [0.25, 0.3) is 21.3 Å². The molecule has 146 valence electrons. The van der Waals surface area contributed by atoms with E-state index in [4.69, 9.17) is 11.6 Å². The van der Waals surface area contributed by atoms with Crippen molar-refractivity contribution >= 4 is 44.7 Å². The van der Waals surface area contributed by atoms with Gasteiger partial charge >= 0.3 is 0 Å². The Labute approximate surface area is 174 Å². The van der Waals surface area contributed by atoms with Crippen LogP contribution in [0.1, 0.15) is 6.42 Å². The van der Waals surface area contributed by atoms with E-state index >= 15 is 0 Å². The zero-order valence-corrected chi connectivity index (χ0v) is 16.6.